The maximum Gasteiger partial charge on any atom is 0.322 e. The molecule has 0 aliphatic heterocycles. The summed E-state index contributed by atoms with van der Waals surface area (Å²) in [6.45, 7) is 0. The second kappa shape index (κ2) is 6.53. The standard InChI is InChI=1S/C18H12ClN3O4/c1-24-13-7-3-4-10-9-14(25-15(10)13)16(23)20-18-22-21-17(26-18)11-5-2-6-12(19)8-11/h2-9H,1H3,(H,20,22,23). The fourth-order valence-corrected chi connectivity index (χ4v) is 2.67. The van der Waals surface area contributed by atoms with Crippen molar-refractivity contribution in [1.82, 2.24) is 10.2 Å². The monoisotopic (exact) mass is 369 g/mol. The summed E-state index contributed by atoms with van der Waals surface area (Å²) in [6, 6.07) is 13.9. The summed E-state index contributed by atoms with van der Waals surface area (Å²) in [5, 5.41) is 11.5. The van der Waals surface area contributed by atoms with Gasteiger partial charge in [-0.1, -0.05) is 34.9 Å². The summed E-state index contributed by atoms with van der Waals surface area (Å²) in [6.07, 6.45) is 0. The fraction of sp³-hybridized carbons (Fsp3) is 0.0556. The SMILES string of the molecule is COc1cccc2cc(C(=O)Nc3nnc(-c4cccc(Cl)c4)o3)oc12. The molecular weight excluding hydrogens is 358 g/mol. The van der Waals surface area contributed by atoms with Crippen LogP contribution in [0.3, 0.4) is 0 Å². The topological polar surface area (TPSA) is 90.4 Å². The minimum absolute atomic E-state index is 0.0441. The lowest BCUT2D eigenvalue weighted by molar-refractivity contribution is 0.0995. The van der Waals surface area contributed by atoms with Gasteiger partial charge in [-0.25, -0.2) is 0 Å². The molecule has 0 aliphatic carbocycles. The Hall–Kier alpha value is -3.32. The predicted octanol–water partition coefficient (Wildman–Crippen LogP) is 4.40. The molecule has 130 valence electrons. The van der Waals surface area contributed by atoms with E-state index in [0.717, 1.165) is 5.39 Å². The van der Waals surface area contributed by atoms with Gasteiger partial charge < -0.3 is 13.6 Å². The molecule has 2 heterocycles. The molecule has 0 saturated carbocycles. The molecule has 2 aromatic heterocycles. The Bertz CT molecular complexity index is 1100. The first kappa shape index (κ1) is 16.2. The largest absolute Gasteiger partial charge is 0.493 e. The number of fused-ring (bicyclic) bond motifs is 1. The zero-order valence-electron chi connectivity index (χ0n) is 13.5. The third-order valence-electron chi connectivity index (χ3n) is 3.67. The number of nitrogens with one attached hydrogen (secondary N) is 1. The van der Waals surface area contributed by atoms with Crippen molar-refractivity contribution < 1.29 is 18.4 Å². The Morgan fingerprint density at radius 1 is 1.12 bits per heavy atom. The van der Waals surface area contributed by atoms with E-state index in [2.05, 4.69) is 15.5 Å². The van der Waals surface area contributed by atoms with E-state index in [0.29, 0.717) is 21.9 Å². The van der Waals surface area contributed by atoms with E-state index in [1.807, 2.05) is 12.1 Å². The van der Waals surface area contributed by atoms with Gasteiger partial charge >= 0.3 is 6.01 Å². The molecule has 0 unspecified atom stereocenters. The summed E-state index contributed by atoms with van der Waals surface area (Å²) in [5.74, 6) is 0.383. The van der Waals surface area contributed by atoms with E-state index in [9.17, 15) is 4.79 Å². The van der Waals surface area contributed by atoms with Crippen molar-refractivity contribution in [3.63, 3.8) is 0 Å². The van der Waals surface area contributed by atoms with Gasteiger partial charge in [0, 0.05) is 16.0 Å². The van der Waals surface area contributed by atoms with E-state index in [4.69, 9.17) is 25.2 Å². The van der Waals surface area contributed by atoms with Crippen LogP contribution in [0.2, 0.25) is 5.02 Å². The lowest BCUT2D eigenvalue weighted by atomic mass is 10.2. The highest BCUT2D eigenvalue weighted by Gasteiger charge is 2.18. The van der Waals surface area contributed by atoms with Crippen molar-refractivity contribution in [2.24, 2.45) is 0 Å². The first-order valence-electron chi connectivity index (χ1n) is 7.61. The molecule has 7 nitrogen and oxygen atoms in total. The number of ether oxygens (including phenoxy) is 1. The highest BCUT2D eigenvalue weighted by atomic mass is 35.5. The number of anilines is 1. The van der Waals surface area contributed by atoms with Crippen molar-refractivity contribution in [3.8, 4) is 17.2 Å². The van der Waals surface area contributed by atoms with Crippen LogP contribution in [0.1, 0.15) is 10.6 Å². The average molecular weight is 370 g/mol. The number of amides is 1. The molecule has 1 N–H and O–H groups in total. The minimum Gasteiger partial charge on any atom is -0.493 e. The molecule has 0 spiro atoms. The van der Waals surface area contributed by atoms with Gasteiger partial charge in [0.2, 0.25) is 5.89 Å². The van der Waals surface area contributed by atoms with Crippen molar-refractivity contribution in [3.05, 3.63) is 59.3 Å². The second-order valence-electron chi connectivity index (χ2n) is 5.37. The van der Waals surface area contributed by atoms with E-state index in [-0.39, 0.29) is 17.7 Å². The van der Waals surface area contributed by atoms with Crippen LogP contribution in [0.15, 0.2) is 57.4 Å². The highest BCUT2D eigenvalue weighted by Crippen LogP contribution is 2.29. The number of halogens is 1. The van der Waals surface area contributed by atoms with E-state index >= 15 is 0 Å². The summed E-state index contributed by atoms with van der Waals surface area (Å²) < 4.78 is 16.3. The Kier molecular flexibility index (Phi) is 4.06. The summed E-state index contributed by atoms with van der Waals surface area (Å²) in [5.41, 5.74) is 1.14. The number of rotatable bonds is 4. The zero-order chi connectivity index (χ0) is 18.1. The second-order valence-corrected chi connectivity index (χ2v) is 5.80. The number of furan rings is 1. The molecule has 0 saturated heterocycles. The number of carbonyl (C=O) groups excluding carboxylic acids is 1. The molecule has 26 heavy (non-hydrogen) atoms. The van der Waals surface area contributed by atoms with Crippen molar-refractivity contribution >= 4 is 34.5 Å². The van der Waals surface area contributed by atoms with E-state index in [1.165, 1.54) is 7.11 Å². The molecule has 4 aromatic rings. The molecule has 0 bridgehead atoms. The molecule has 0 aliphatic rings. The first-order valence-corrected chi connectivity index (χ1v) is 7.99. The minimum atomic E-state index is -0.510. The zero-order valence-corrected chi connectivity index (χ0v) is 14.3. The van der Waals surface area contributed by atoms with Crippen LogP contribution in [-0.4, -0.2) is 23.2 Å². The van der Waals surface area contributed by atoms with Crippen molar-refractivity contribution in [1.29, 1.82) is 0 Å². The molecule has 1 amide bonds. The lowest BCUT2D eigenvalue weighted by Crippen LogP contribution is -2.10. The number of aromatic nitrogens is 2. The van der Waals surface area contributed by atoms with Gasteiger partial charge in [-0.2, -0.15) is 0 Å². The van der Waals surface area contributed by atoms with Crippen LogP contribution in [0.25, 0.3) is 22.4 Å². The Morgan fingerprint density at radius 2 is 1.96 bits per heavy atom. The smallest absolute Gasteiger partial charge is 0.322 e. The molecule has 4 rings (SSSR count). The maximum atomic E-state index is 12.4. The first-order chi connectivity index (χ1) is 12.6. The third-order valence-corrected chi connectivity index (χ3v) is 3.90. The van der Waals surface area contributed by atoms with E-state index in [1.54, 1.807) is 36.4 Å². The summed E-state index contributed by atoms with van der Waals surface area (Å²) >= 11 is 5.95. The summed E-state index contributed by atoms with van der Waals surface area (Å²) in [4.78, 5) is 12.4. The highest BCUT2D eigenvalue weighted by molar-refractivity contribution is 6.30. The molecule has 0 fully saturated rings. The summed E-state index contributed by atoms with van der Waals surface area (Å²) in [7, 11) is 1.53. The number of benzene rings is 2. The van der Waals surface area contributed by atoms with Gasteiger partial charge in [-0.05, 0) is 30.3 Å². The molecular formula is C18H12ClN3O4. The number of hydrogen-bond acceptors (Lipinski definition) is 6. The van der Waals surface area contributed by atoms with Gasteiger partial charge in [0.1, 0.15) is 0 Å². The normalized spacial score (nSPS) is 10.8. The number of carbonyl (C=O) groups is 1. The predicted molar refractivity (Wildman–Crippen MR) is 95.5 cm³/mol. The number of para-hydroxylation sites is 1. The maximum absolute atomic E-state index is 12.4. The number of hydrogen-bond donors (Lipinski definition) is 1. The van der Waals surface area contributed by atoms with Crippen LogP contribution in [0.5, 0.6) is 5.75 Å². The van der Waals surface area contributed by atoms with Crippen molar-refractivity contribution in [2.75, 3.05) is 12.4 Å². The average Bonchev–Trinajstić information content (AvgIpc) is 3.28. The molecule has 8 heteroatoms. The van der Waals surface area contributed by atoms with Gasteiger partial charge in [-0.3, -0.25) is 10.1 Å². The quantitative estimate of drug-likeness (QED) is 0.573. The van der Waals surface area contributed by atoms with Gasteiger partial charge in [0.15, 0.2) is 17.1 Å². The van der Waals surface area contributed by atoms with Gasteiger partial charge in [-0.15, -0.1) is 5.10 Å². The van der Waals surface area contributed by atoms with E-state index < -0.39 is 5.91 Å². The Balaban J connectivity index is 1.57. The fourth-order valence-electron chi connectivity index (χ4n) is 2.48. The lowest BCUT2D eigenvalue weighted by Gasteiger charge is -1.99. The Morgan fingerprint density at radius 3 is 2.77 bits per heavy atom. The van der Waals surface area contributed by atoms with Crippen molar-refractivity contribution in [2.45, 2.75) is 0 Å². The third kappa shape index (κ3) is 3.00. The van der Waals surface area contributed by atoms with Crippen LogP contribution in [0, 0.1) is 0 Å². The van der Waals surface area contributed by atoms with Gasteiger partial charge in [0.05, 0.1) is 7.11 Å². The Labute approximate surface area is 152 Å². The molecule has 2 aromatic carbocycles. The van der Waals surface area contributed by atoms with Crippen LogP contribution in [0.4, 0.5) is 6.01 Å². The molecule has 0 atom stereocenters. The van der Waals surface area contributed by atoms with Crippen LogP contribution < -0.4 is 10.1 Å². The number of methoxy groups -OCH3 is 1. The van der Waals surface area contributed by atoms with Gasteiger partial charge in [0.25, 0.3) is 5.91 Å². The molecule has 0 radical (unpaired) electrons. The number of nitrogens with zero attached hydrogens (tertiary/aromatic N) is 2. The van der Waals surface area contributed by atoms with Crippen LogP contribution >= 0.6 is 11.6 Å². The van der Waals surface area contributed by atoms with Crippen LogP contribution in [-0.2, 0) is 0 Å².